The molecule has 0 aliphatic heterocycles. The van der Waals surface area contributed by atoms with Gasteiger partial charge in [0.15, 0.2) is 6.61 Å². The van der Waals surface area contributed by atoms with Crippen molar-refractivity contribution in [3.63, 3.8) is 0 Å². The van der Waals surface area contributed by atoms with Gasteiger partial charge in [0.25, 0.3) is 5.91 Å². The van der Waals surface area contributed by atoms with E-state index in [1.165, 1.54) is 36.4 Å². The number of carbonyl (C=O) groups is 3. The van der Waals surface area contributed by atoms with Gasteiger partial charge in [-0.15, -0.1) is 0 Å². The molecule has 0 spiro atoms. The van der Waals surface area contributed by atoms with Crippen LogP contribution < -0.4 is 10.1 Å². The Morgan fingerprint density at radius 1 is 0.964 bits per heavy atom. The minimum atomic E-state index is -2.97. The molecule has 2 aromatic carbocycles. The Morgan fingerprint density at radius 2 is 1.64 bits per heavy atom. The molecular formula is C19H17F2NO6. The van der Waals surface area contributed by atoms with Crippen molar-refractivity contribution < 1.29 is 37.4 Å². The molecule has 1 N–H and O–H groups in total. The van der Waals surface area contributed by atoms with Gasteiger partial charge in [0.2, 0.25) is 0 Å². The maximum atomic E-state index is 12.1. The van der Waals surface area contributed by atoms with Crippen molar-refractivity contribution in [1.82, 2.24) is 0 Å². The van der Waals surface area contributed by atoms with Gasteiger partial charge in [0, 0.05) is 0 Å². The number of para-hydroxylation sites is 1. The summed E-state index contributed by atoms with van der Waals surface area (Å²) in [6.45, 7) is -1.74. The highest BCUT2D eigenvalue weighted by atomic mass is 19.3. The monoisotopic (exact) mass is 393 g/mol. The van der Waals surface area contributed by atoms with Crippen LogP contribution in [0.2, 0.25) is 0 Å². The summed E-state index contributed by atoms with van der Waals surface area (Å²) in [7, 11) is 0. The molecule has 0 aromatic heterocycles. The second kappa shape index (κ2) is 10.0. The standard InChI is InChI=1S/C19H17F2NO6/c1-2-26-18(25)14-5-3-4-6-15(14)22-16(23)11-27-17(24)12-7-9-13(10-8-12)28-19(20)21/h3-10,19H,2,11H2,1H3,(H,22,23). The Morgan fingerprint density at radius 3 is 2.29 bits per heavy atom. The van der Waals surface area contributed by atoms with Gasteiger partial charge in [-0.2, -0.15) is 8.78 Å². The van der Waals surface area contributed by atoms with Gasteiger partial charge in [-0.1, -0.05) is 12.1 Å². The number of benzene rings is 2. The molecule has 0 saturated heterocycles. The predicted molar refractivity (Wildman–Crippen MR) is 94.4 cm³/mol. The largest absolute Gasteiger partial charge is 0.462 e. The molecule has 0 saturated carbocycles. The first-order chi connectivity index (χ1) is 13.4. The van der Waals surface area contributed by atoms with Crippen molar-refractivity contribution in [2.75, 3.05) is 18.5 Å². The summed E-state index contributed by atoms with van der Waals surface area (Å²) >= 11 is 0. The first kappa shape index (κ1) is 20.8. The smallest absolute Gasteiger partial charge is 0.387 e. The van der Waals surface area contributed by atoms with Gasteiger partial charge in [0.1, 0.15) is 5.75 Å². The number of rotatable bonds is 8. The highest BCUT2D eigenvalue weighted by molar-refractivity contribution is 6.02. The number of esters is 2. The van der Waals surface area contributed by atoms with E-state index in [9.17, 15) is 23.2 Å². The van der Waals surface area contributed by atoms with Gasteiger partial charge in [0.05, 0.1) is 23.4 Å². The van der Waals surface area contributed by atoms with E-state index in [1.54, 1.807) is 19.1 Å². The number of amides is 1. The number of alkyl halides is 2. The van der Waals surface area contributed by atoms with Crippen LogP contribution in [-0.2, 0) is 14.3 Å². The molecule has 1 amide bonds. The third-order valence-electron chi connectivity index (χ3n) is 3.35. The van der Waals surface area contributed by atoms with Crippen LogP contribution in [0.1, 0.15) is 27.6 Å². The Hall–Kier alpha value is -3.49. The van der Waals surface area contributed by atoms with Crippen LogP contribution in [0.25, 0.3) is 0 Å². The third kappa shape index (κ3) is 6.04. The van der Waals surface area contributed by atoms with Gasteiger partial charge in [-0.3, -0.25) is 4.79 Å². The molecule has 148 valence electrons. The number of halogens is 2. The molecule has 7 nitrogen and oxygen atoms in total. The molecule has 2 rings (SSSR count). The van der Waals surface area contributed by atoms with Crippen molar-refractivity contribution in [3.8, 4) is 5.75 Å². The van der Waals surface area contributed by atoms with Crippen molar-refractivity contribution in [3.05, 3.63) is 59.7 Å². The summed E-state index contributed by atoms with van der Waals surface area (Å²) < 4.78 is 38.2. The second-order valence-corrected chi connectivity index (χ2v) is 5.29. The van der Waals surface area contributed by atoms with Gasteiger partial charge >= 0.3 is 18.6 Å². The van der Waals surface area contributed by atoms with Crippen LogP contribution in [0.15, 0.2) is 48.5 Å². The molecular weight excluding hydrogens is 376 g/mol. The van der Waals surface area contributed by atoms with E-state index in [4.69, 9.17) is 9.47 Å². The van der Waals surface area contributed by atoms with Crippen LogP contribution in [0, 0.1) is 0 Å². The van der Waals surface area contributed by atoms with E-state index in [0.717, 1.165) is 0 Å². The van der Waals surface area contributed by atoms with Crippen LogP contribution in [0.5, 0.6) is 5.75 Å². The van der Waals surface area contributed by atoms with Crippen molar-refractivity contribution in [1.29, 1.82) is 0 Å². The lowest BCUT2D eigenvalue weighted by Crippen LogP contribution is -2.22. The summed E-state index contributed by atoms with van der Waals surface area (Å²) in [5.74, 6) is -2.19. The minimum absolute atomic E-state index is 0.0568. The predicted octanol–water partition coefficient (Wildman–Crippen LogP) is 3.26. The van der Waals surface area contributed by atoms with Crippen molar-refractivity contribution in [2.45, 2.75) is 13.5 Å². The van der Waals surface area contributed by atoms with E-state index in [1.807, 2.05) is 0 Å². The van der Waals surface area contributed by atoms with Crippen molar-refractivity contribution in [2.24, 2.45) is 0 Å². The maximum absolute atomic E-state index is 12.1. The van der Waals surface area contributed by atoms with Gasteiger partial charge in [-0.05, 0) is 43.3 Å². The molecule has 0 atom stereocenters. The molecule has 0 radical (unpaired) electrons. The zero-order valence-corrected chi connectivity index (χ0v) is 14.8. The fourth-order valence-electron chi connectivity index (χ4n) is 2.15. The lowest BCUT2D eigenvalue weighted by atomic mass is 10.2. The van der Waals surface area contributed by atoms with Crippen molar-refractivity contribution >= 4 is 23.5 Å². The molecule has 0 unspecified atom stereocenters. The maximum Gasteiger partial charge on any atom is 0.387 e. The number of carbonyl (C=O) groups excluding carboxylic acids is 3. The highest BCUT2D eigenvalue weighted by Crippen LogP contribution is 2.17. The van der Waals surface area contributed by atoms with Gasteiger partial charge in [-0.25, -0.2) is 9.59 Å². The summed E-state index contributed by atoms with van der Waals surface area (Å²) in [6.07, 6.45) is 0. The molecule has 0 aliphatic carbocycles. The Kier molecular flexibility index (Phi) is 7.44. The Balaban J connectivity index is 1.92. The normalized spacial score (nSPS) is 10.3. The Bertz CT molecular complexity index is 839. The van der Waals surface area contributed by atoms with Gasteiger partial charge < -0.3 is 19.5 Å². The van der Waals surface area contributed by atoms with Crippen LogP contribution >= 0.6 is 0 Å². The lowest BCUT2D eigenvalue weighted by molar-refractivity contribution is -0.119. The average molecular weight is 393 g/mol. The van der Waals surface area contributed by atoms with E-state index >= 15 is 0 Å². The fraction of sp³-hybridized carbons (Fsp3) is 0.211. The second-order valence-electron chi connectivity index (χ2n) is 5.29. The SMILES string of the molecule is CCOC(=O)c1ccccc1NC(=O)COC(=O)c1ccc(OC(F)F)cc1. The molecule has 9 heteroatoms. The molecule has 0 fully saturated rings. The third-order valence-corrected chi connectivity index (χ3v) is 3.35. The summed E-state index contributed by atoms with van der Waals surface area (Å²) in [5, 5.41) is 2.47. The minimum Gasteiger partial charge on any atom is -0.462 e. The summed E-state index contributed by atoms with van der Waals surface area (Å²) in [6, 6.07) is 11.0. The molecule has 0 bridgehead atoms. The van der Waals surface area contributed by atoms with E-state index < -0.39 is 31.1 Å². The van der Waals surface area contributed by atoms with E-state index in [0.29, 0.717) is 0 Å². The molecule has 0 aliphatic rings. The zero-order valence-electron chi connectivity index (χ0n) is 14.8. The number of ether oxygens (including phenoxy) is 3. The topological polar surface area (TPSA) is 90.9 Å². The number of anilines is 1. The molecule has 2 aromatic rings. The molecule has 0 heterocycles. The number of hydrogen-bond donors (Lipinski definition) is 1. The average Bonchev–Trinajstić information content (AvgIpc) is 2.67. The highest BCUT2D eigenvalue weighted by Gasteiger charge is 2.16. The summed E-state index contributed by atoms with van der Waals surface area (Å²) in [4.78, 5) is 35.8. The summed E-state index contributed by atoms with van der Waals surface area (Å²) in [5.41, 5.74) is 0.440. The molecule has 28 heavy (non-hydrogen) atoms. The number of hydrogen-bond acceptors (Lipinski definition) is 6. The first-order valence-electron chi connectivity index (χ1n) is 8.18. The first-order valence-corrected chi connectivity index (χ1v) is 8.18. The van der Waals surface area contributed by atoms with E-state index in [-0.39, 0.29) is 29.2 Å². The van der Waals surface area contributed by atoms with Crippen LogP contribution in [-0.4, -0.2) is 37.7 Å². The quantitative estimate of drug-likeness (QED) is 0.693. The fourth-order valence-corrected chi connectivity index (χ4v) is 2.15. The zero-order chi connectivity index (χ0) is 20.5. The number of nitrogens with one attached hydrogen (secondary N) is 1. The lowest BCUT2D eigenvalue weighted by Gasteiger charge is -2.11. The Labute approximate surface area is 159 Å². The van der Waals surface area contributed by atoms with Crippen LogP contribution in [0.4, 0.5) is 14.5 Å². The van der Waals surface area contributed by atoms with E-state index in [2.05, 4.69) is 10.1 Å². The van der Waals surface area contributed by atoms with Crippen LogP contribution in [0.3, 0.4) is 0 Å².